The molecule has 3 rings (SSSR count). The van der Waals surface area contributed by atoms with Crippen LogP contribution in [-0.4, -0.2) is 80.4 Å². The molecule has 0 unspecified atom stereocenters. The predicted octanol–water partition coefficient (Wildman–Crippen LogP) is 0.395. The van der Waals surface area contributed by atoms with E-state index in [-0.39, 0.29) is 0 Å². The normalized spacial score (nSPS) is 20.6. The number of hydrogen-bond acceptors (Lipinski definition) is 6. The fourth-order valence-corrected chi connectivity index (χ4v) is 4.27. The third kappa shape index (κ3) is 3.62. The van der Waals surface area contributed by atoms with E-state index in [1.54, 1.807) is 20.4 Å². The van der Waals surface area contributed by atoms with Crippen molar-refractivity contribution in [1.29, 1.82) is 0 Å². The highest BCUT2D eigenvalue weighted by molar-refractivity contribution is 7.86. The number of aromatic nitrogens is 2. The van der Waals surface area contributed by atoms with E-state index in [1.807, 2.05) is 6.07 Å². The third-order valence-corrected chi connectivity index (χ3v) is 6.61. The fourth-order valence-electron chi connectivity index (χ4n) is 3.18. The minimum atomic E-state index is -3.33. The first-order valence-electron chi connectivity index (χ1n) is 8.48. The van der Waals surface area contributed by atoms with E-state index >= 15 is 0 Å². The molecule has 0 aliphatic carbocycles. The first-order chi connectivity index (χ1) is 11.5. The summed E-state index contributed by atoms with van der Waals surface area (Å²) < 4.78 is 27.2. The molecule has 0 atom stereocenters. The quantitative estimate of drug-likeness (QED) is 0.779. The fraction of sp³-hybridized carbons (Fsp3) is 0.733. The zero-order valence-electron chi connectivity index (χ0n) is 14.4. The molecule has 1 aromatic heterocycles. The van der Waals surface area contributed by atoms with Gasteiger partial charge in [0.1, 0.15) is 18.0 Å². The number of piperidine rings is 1. The minimum absolute atomic E-state index is 0.476. The van der Waals surface area contributed by atoms with E-state index < -0.39 is 10.2 Å². The lowest BCUT2D eigenvalue weighted by molar-refractivity contribution is 0.355. The molecule has 0 aromatic carbocycles. The molecule has 134 valence electrons. The van der Waals surface area contributed by atoms with Crippen LogP contribution >= 0.6 is 0 Å². The van der Waals surface area contributed by atoms with Gasteiger partial charge in [0.15, 0.2) is 0 Å². The molecule has 2 aliphatic rings. The second-order valence-corrected chi connectivity index (χ2v) is 8.60. The van der Waals surface area contributed by atoms with Gasteiger partial charge >= 0.3 is 0 Å². The molecule has 8 nitrogen and oxygen atoms in total. The topological polar surface area (TPSA) is 72.9 Å². The van der Waals surface area contributed by atoms with Gasteiger partial charge in [0, 0.05) is 59.4 Å². The van der Waals surface area contributed by atoms with Gasteiger partial charge in [0.05, 0.1) is 0 Å². The Kier molecular flexibility index (Phi) is 5.21. The van der Waals surface area contributed by atoms with Crippen LogP contribution in [0.15, 0.2) is 12.4 Å². The second-order valence-electron chi connectivity index (χ2n) is 6.46. The second kappa shape index (κ2) is 7.20. The summed E-state index contributed by atoms with van der Waals surface area (Å²) in [6, 6.07) is 2.03. The van der Waals surface area contributed by atoms with Crippen LogP contribution in [0.25, 0.3) is 0 Å². The molecule has 0 saturated carbocycles. The molecule has 9 heteroatoms. The van der Waals surface area contributed by atoms with Gasteiger partial charge in [0.25, 0.3) is 10.2 Å². The molecule has 1 aromatic rings. The summed E-state index contributed by atoms with van der Waals surface area (Å²) >= 11 is 0. The van der Waals surface area contributed by atoms with E-state index in [0.29, 0.717) is 26.2 Å². The van der Waals surface area contributed by atoms with Gasteiger partial charge in [0.2, 0.25) is 0 Å². The highest BCUT2D eigenvalue weighted by Crippen LogP contribution is 2.22. The van der Waals surface area contributed by atoms with Crippen molar-refractivity contribution in [2.75, 3.05) is 63.2 Å². The first kappa shape index (κ1) is 17.4. The van der Waals surface area contributed by atoms with Gasteiger partial charge in [-0.3, -0.25) is 0 Å². The Morgan fingerprint density at radius 2 is 1.42 bits per heavy atom. The van der Waals surface area contributed by atoms with Crippen molar-refractivity contribution in [3.63, 3.8) is 0 Å². The van der Waals surface area contributed by atoms with Crippen molar-refractivity contribution in [3.05, 3.63) is 12.4 Å². The van der Waals surface area contributed by atoms with Crippen LogP contribution in [0.3, 0.4) is 0 Å². The standard InChI is InChI=1S/C15H26N6O2S/c1-18(2)24(22,23)21-10-8-20(9-11-21)15-12-14(16-13-17-15)19-6-4-3-5-7-19/h12-13H,3-11H2,1-2H3. The summed E-state index contributed by atoms with van der Waals surface area (Å²) in [4.78, 5) is 13.2. The maximum absolute atomic E-state index is 12.2. The predicted molar refractivity (Wildman–Crippen MR) is 94.5 cm³/mol. The highest BCUT2D eigenvalue weighted by atomic mass is 32.2. The summed E-state index contributed by atoms with van der Waals surface area (Å²) in [5, 5.41) is 0. The van der Waals surface area contributed by atoms with Crippen molar-refractivity contribution < 1.29 is 8.42 Å². The Labute approximate surface area is 144 Å². The number of hydrogen-bond donors (Lipinski definition) is 0. The molecule has 0 spiro atoms. The average Bonchev–Trinajstić information content (AvgIpc) is 2.62. The molecule has 2 fully saturated rings. The van der Waals surface area contributed by atoms with Crippen LogP contribution < -0.4 is 9.80 Å². The molecule has 2 saturated heterocycles. The zero-order chi connectivity index (χ0) is 17.2. The van der Waals surface area contributed by atoms with Gasteiger partial charge in [-0.2, -0.15) is 17.0 Å². The molecule has 0 amide bonds. The van der Waals surface area contributed by atoms with E-state index in [2.05, 4.69) is 19.8 Å². The number of nitrogens with zero attached hydrogens (tertiary/aromatic N) is 6. The Bertz CT molecular complexity index is 652. The van der Waals surface area contributed by atoms with Crippen molar-refractivity contribution in [2.24, 2.45) is 0 Å². The smallest absolute Gasteiger partial charge is 0.281 e. The van der Waals surface area contributed by atoms with Gasteiger partial charge in [-0.15, -0.1) is 0 Å². The number of piperazine rings is 1. The lowest BCUT2D eigenvalue weighted by Crippen LogP contribution is -2.51. The lowest BCUT2D eigenvalue weighted by Gasteiger charge is -2.36. The largest absolute Gasteiger partial charge is 0.356 e. The van der Waals surface area contributed by atoms with Crippen LogP contribution in [0.4, 0.5) is 11.6 Å². The summed E-state index contributed by atoms with van der Waals surface area (Å²) in [7, 11) is -0.199. The van der Waals surface area contributed by atoms with Gasteiger partial charge < -0.3 is 9.80 Å². The SMILES string of the molecule is CN(C)S(=O)(=O)N1CCN(c2cc(N3CCCCC3)ncn2)CC1. The van der Waals surface area contributed by atoms with Crippen molar-refractivity contribution in [2.45, 2.75) is 19.3 Å². The summed E-state index contributed by atoms with van der Waals surface area (Å²) in [5.41, 5.74) is 0. The molecular formula is C15H26N6O2S. The lowest BCUT2D eigenvalue weighted by atomic mass is 10.1. The maximum Gasteiger partial charge on any atom is 0.281 e. The van der Waals surface area contributed by atoms with Crippen LogP contribution in [0.2, 0.25) is 0 Å². The Balaban J connectivity index is 1.66. The van der Waals surface area contributed by atoms with Crippen LogP contribution in [-0.2, 0) is 10.2 Å². The van der Waals surface area contributed by atoms with E-state index in [4.69, 9.17) is 0 Å². The van der Waals surface area contributed by atoms with E-state index in [1.165, 1.54) is 27.9 Å². The highest BCUT2D eigenvalue weighted by Gasteiger charge is 2.29. The van der Waals surface area contributed by atoms with Gasteiger partial charge in [-0.1, -0.05) is 0 Å². The van der Waals surface area contributed by atoms with E-state index in [9.17, 15) is 8.42 Å². The zero-order valence-corrected chi connectivity index (χ0v) is 15.2. The summed E-state index contributed by atoms with van der Waals surface area (Å²) in [6.07, 6.45) is 5.32. The van der Waals surface area contributed by atoms with Crippen molar-refractivity contribution in [1.82, 2.24) is 18.6 Å². The molecule has 2 aliphatic heterocycles. The summed E-state index contributed by atoms with van der Waals surface area (Å²) in [5.74, 6) is 1.86. The van der Waals surface area contributed by atoms with Gasteiger partial charge in [-0.25, -0.2) is 9.97 Å². The van der Waals surface area contributed by atoms with Crippen LogP contribution in [0, 0.1) is 0 Å². The Morgan fingerprint density at radius 3 is 1.96 bits per heavy atom. The van der Waals surface area contributed by atoms with Crippen LogP contribution in [0.1, 0.15) is 19.3 Å². The van der Waals surface area contributed by atoms with Crippen LogP contribution in [0.5, 0.6) is 0 Å². The van der Waals surface area contributed by atoms with Crippen molar-refractivity contribution in [3.8, 4) is 0 Å². The third-order valence-electron chi connectivity index (χ3n) is 4.67. The summed E-state index contributed by atoms with van der Waals surface area (Å²) in [6.45, 7) is 4.33. The first-order valence-corrected chi connectivity index (χ1v) is 9.88. The maximum atomic E-state index is 12.2. The minimum Gasteiger partial charge on any atom is -0.356 e. The average molecular weight is 354 g/mol. The molecule has 24 heavy (non-hydrogen) atoms. The van der Waals surface area contributed by atoms with Crippen molar-refractivity contribution >= 4 is 21.8 Å². The molecule has 0 N–H and O–H groups in total. The monoisotopic (exact) mass is 354 g/mol. The molecule has 0 bridgehead atoms. The van der Waals surface area contributed by atoms with E-state index in [0.717, 1.165) is 24.7 Å². The molecular weight excluding hydrogens is 328 g/mol. The molecule has 3 heterocycles. The Hall–Kier alpha value is -1.45. The number of anilines is 2. The Morgan fingerprint density at radius 1 is 0.875 bits per heavy atom. The molecule has 0 radical (unpaired) electrons. The number of rotatable bonds is 4. The van der Waals surface area contributed by atoms with Gasteiger partial charge in [-0.05, 0) is 19.3 Å².